The number of nitrogens with zero attached hydrogens (tertiary/aromatic N) is 1. The van der Waals surface area contributed by atoms with Crippen molar-refractivity contribution in [2.45, 2.75) is 13.0 Å². The Morgan fingerprint density at radius 1 is 0.939 bits per heavy atom. The van der Waals surface area contributed by atoms with Crippen molar-refractivity contribution in [1.29, 1.82) is 0 Å². The van der Waals surface area contributed by atoms with Crippen LogP contribution in [-0.2, 0) is 0 Å². The molecule has 0 saturated carbocycles. The minimum absolute atomic E-state index is 0.220. The van der Waals surface area contributed by atoms with Gasteiger partial charge in [0.15, 0.2) is 17.7 Å². The lowest BCUT2D eigenvalue weighted by atomic mass is 9.81. The number of carbonyl (C=O) groups is 2. The number of anilines is 2. The highest BCUT2D eigenvalue weighted by molar-refractivity contribution is 6.33. The summed E-state index contributed by atoms with van der Waals surface area (Å²) in [4.78, 5) is 32.0. The van der Waals surface area contributed by atoms with Crippen LogP contribution in [0.4, 0.5) is 17.1 Å². The predicted molar refractivity (Wildman–Crippen MR) is 129 cm³/mol. The van der Waals surface area contributed by atoms with Gasteiger partial charge in [0.1, 0.15) is 11.4 Å². The van der Waals surface area contributed by atoms with Crippen LogP contribution in [0.2, 0.25) is 0 Å². The van der Waals surface area contributed by atoms with Gasteiger partial charge in [0, 0.05) is 27.9 Å². The van der Waals surface area contributed by atoms with Crippen molar-refractivity contribution in [3.8, 4) is 5.75 Å². The molecule has 1 unspecified atom stereocenters. The SMILES string of the molecule is Cc1ccc(Nc2cc3c(c4c2C(=O)c2ccccc2C4=O)N=C2C=CC(Cl)=CC2O3)cc1. The van der Waals surface area contributed by atoms with E-state index in [1.165, 1.54) is 0 Å². The van der Waals surface area contributed by atoms with Crippen LogP contribution in [0, 0.1) is 6.92 Å². The number of ketones is 2. The maximum absolute atomic E-state index is 13.6. The number of halogens is 1. The first-order valence-electron chi connectivity index (χ1n) is 10.5. The highest BCUT2D eigenvalue weighted by Gasteiger charge is 2.38. The third-order valence-electron chi connectivity index (χ3n) is 5.98. The van der Waals surface area contributed by atoms with Crippen LogP contribution in [0.1, 0.15) is 37.4 Å². The molecule has 1 aliphatic heterocycles. The fourth-order valence-corrected chi connectivity index (χ4v) is 4.53. The fraction of sp³-hybridized carbons (Fsp3) is 0.0741. The largest absolute Gasteiger partial charge is 0.478 e. The average molecular weight is 453 g/mol. The molecule has 0 aromatic heterocycles. The van der Waals surface area contributed by atoms with Crippen LogP contribution in [0.5, 0.6) is 5.75 Å². The zero-order chi connectivity index (χ0) is 22.7. The van der Waals surface area contributed by atoms with Crippen LogP contribution in [0.3, 0.4) is 0 Å². The number of benzene rings is 3. The quantitative estimate of drug-likeness (QED) is 0.402. The predicted octanol–water partition coefficient (Wildman–Crippen LogP) is 6.04. The summed E-state index contributed by atoms with van der Waals surface area (Å²) in [5.41, 5.74) is 4.73. The van der Waals surface area contributed by atoms with Crippen LogP contribution in [0.15, 0.2) is 82.9 Å². The summed E-state index contributed by atoms with van der Waals surface area (Å²) in [5.74, 6) is -0.0421. The van der Waals surface area contributed by atoms with E-state index in [0.717, 1.165) is 11.3 Å². The number of aliphatic imine (C=N–C) groups is 1. The van der Waals surface area contributed by atoms with E-state index >= 15 is 0 Å². The van der Waals surface area contributed by atoms with E-state index in [1.54, 1.807) is 48.6 Å². The third-order valence-corrected chi connectivity index (χ3v) is 6.23. The molecule has 1 heterocycles. The summed E-state index contributed by atoms with van der Waals surface area (Å²) in [6.07, 6.45) is 4.80. The summed E-state index contributed by atoms with van der Waals surface area (Å²) in [7, 11) is 0. The molecule has 6 rings (SSSR count). The van der Waals surface area contributed by atoms with Gasteiger partial charge in [0.2, 0.25) is 0 Å². The minimum atomic E-state index is -0.457. The van der Waals surface area contributed by atoms with Crippen molar-refractivity contribution in [2.75, 3.05) is 5.32 Å². The standard InChI is InChI=1S/C27H17ClN2O3/c1-14-6-9-16(10-7-14)29-20-13-22-25(30-19-11-8-15(28)12-21(19)33-22)24-23(20)26(31)17-4-2-3-5-18(17)27(24)32/h2-13,21,29H,1H3. The van der Waals surface area contributed by atoms with Gasteiger partial charge in [-0.25, -0.2) is 4.99 Å². The van der Waals surface area contributed by atoms with Crippen molar-refractivity contribution in [3.63, 3.8) is 0 Å². The molecule has 0 amide bonds. The number of fused-ring (bicyclic) bond motifs is 5. The first-order chi connectivity index (χ1) is 16.0. The summed E-state index contributed by atoms with van der Waals surface area (Å²) >= 11 is 6.16. The van der Waals surface area contributed by atoms with E-state index < -0.39 is 6.10 Å². The molecule has 1 atom stereocenters. The lowest BCUT2D eigenvalue weighted by molar-refractivity contribution is 0.0979. The van der Waals surface area contributed by atoms with Crippen LogP contribution in [0.25, 0.3) is 0 Å². The summed E-state index contributed by atoms with van der Waals surface area (Å²) in [6.45, 7) is 2.00. The van der Waals surface area contributed by atoms with E-state index in [1.807, 2.05) is 31.2 Å². The number of aryl methyl sites for hydroxylation is 1. The lowest BCUT2D eigenvalue weighted by Crippen LogP contribution is -2.30. The van der Waals surface area contributed by atoms with Gasteiger partial charge in [0.25, 0.3) is 0 Å². The molecule has 3 aromatic rings. The van der Waals surface area contributed by atoms with E-state index in [0.29, 0.717) is 44.6 Å². The minimum Gasteiger partial charge on any atom is -0.478 e. The van der Waals surface area contributed by atoms with E-state index in [9.17, 15) is 9.59 Å². The maximum atomic E-state index is 13.6. The molecule has 6 heteroatoms. The second-order valence-electron chi connectivity index (χ2n) is 8.18. The molecule has 0 spiro atoms. The lowest BCUT2D eigenvalue weighted by Gasteiger charge is -2.29. The first-order valence-corrected chi connectivity index (χ1v) is 10.9. The Morgan fingerprint density at radius 2 is 1.64 bits per heavy atom. The molecule has 3 aliphatic rings. The first kappa shape index (κ1) is 19.7. The summed E-state index contributed by atoms with van der Waals surface area (Å²) < 4.78 is 6.19. The van der Waals surface area contributed by atoms with E-state index in [4.69, 9.17) is 21.3 Å². The molecular weight excluding hydrogens is 436 g/mol. The number of nitrogens with one attached hydrogen (secondary N) is 1. The van der Waals surface area contributed by atoms with Crippen molar-refractivity contribution >= 4 is 45.9 Å². The second kappa shape index (κ2) is 7.29. The van der Waals surface area contributed by atoms with Crippen molar-refractivity contribution in [2.24, 2.45) is 4.99 Å². The Kier molecular flexibility index (Phi) is 4.35. The molecule has 0 saturated heterocycles. The van der Waals surface area contributed by atoms with Gasteiger partial charge in [0.05, 0.1) is 22.5 Å². The Balaban J connectivity index is 1.59. The average Bonchev–Trinajstić information content (AvgIpc) is 2.82. The zero-order valence-electron chi connectivity index (χ0n) is 17.6. The molecule has 0 radical (unpaired) electrons. The van der Waals surface area contributed by atoms with Gasteiger partial charge in [-0.1, -0.05) is 53.6 Å². The normalized spacial score (nSPS) is 17.7. The van der Waals surface area contributed by atoms with Crippen molar-refractivity contribution in [3.05, 3.63) is 106 Å². The van der Waals surface area contributed by atoms with E-state index in [-0.39, 0.29) is 17.1 Å². The van der Waals surface area contributed by atoms with Gasteiger partial charge < -0.3 is 10.1 Å². The van der Waals surface area contributed by atoms with Crippen molar-refractivity contribution in [1.82, 2.24) is 0 Å². The molecule has 2 aliphatic carbocycles. The zero-order valence-corrected chi connectivity index (χ0v) is 18.3. The number of hydrogen-bond acceptors (Lipinski definition) is 5. The Bertz CT molecular complexity index is 1470. The number of allylic oxidation sites excluding steroid dienone is 2. The number of rotatable bonds is 2. The van der Waals surface area contributed by atoms with Gasteiger partial charge >= 0.3 is 0 Å². The fourth-order valence-electron chi connectivity index (χ4n) is 4.35. The topological polar surface area (TPSA) is 67.8 Å². The van der Waals surface area contributed by atoms with Crippen molar-refractivity contribution < 1.29 is 14.3 Å². The Morgan fingerprint density at radius 3 is 2.36 bits per heavy atom. The molecule has 5 nitrogen and oxygen atoms in total. The Labute approximate surface area is 195 Å². The molecular formula is C27H17ClN2O3. The number of ether oxygens (including phenoxy) is 1. The summed E-state index contributed by atoms with van der Waals surface area (Å²) in [5, 5.41) is 3.87. The summed E-state index contributed by atoms with van der Waals surface area (Å²) in [6, 6.07) is 16.4. The van der Waals surface area contributed by atoms with Gasteiger partial charge in [-0.15, -0.1) is 0 Å². The molecule has 3 aromatic carbocycles. The van der Waals surface area contributed by atoms with Crippen LogP contribution in [-0.4, -0.2) is 23.4 Å². The number of hydrogen-bond donors (Lipinski definition) is 1. The second-order valence-corrected chi connectivity index (χ2v) is 8.61. The molecule has 1 N–H and O–H groups in total. The highest BCUT2D eigenvalue weighted by atomic mass is 35.5. The van der Waals surface area contributed by atoms with Crippen LogP contribution >= 0.6 is 11.6 Å². The van der Waals surface area contributed by atoms with E-state index in [2.05, 4.69) is 5.32 Å². The molecule has 160 valence electrons. The smallest absolute Gasteiger partial charge is 0.196 e. The maximum Gasteiger partial charge on any atom is 0.196 e. The monoisotopic (exact) mass is 452 g/mol. The highest BCUT2D eigenvalue weighted by Crippen LogP contribution is 2.47. The molecule has 0 bridgehead atoms. The van der Waals surface area contributed by atoms with Gasteiger partial charge in [-0.3, -0.25) is 9.59 Å². The molecule has 33 heavy (non-hydrogen) atoms. The van der Waals surface area contributed by atoms with Crippen LogP contribution < -0.4 is 10.1 Å². The number of carbonyl (C=O) groups excluding carboxylic acids is 2. The Hall–Kier alpha value is -3.96. The molecule has 0 fully saturated rings. The third kappa shape index (κ3) is 3.12. The van der Waals surface area contributed by atoms with Gasteiger partial charge in [-0.2, -0.15) is 0 Å². The van der Waals surface area contributed by atoms with Gasteiger partial charge in [-0.05, 0) is 37.3 Å².